The Morgan fingerprint density at radius 1 is 1.42 bits per heavy atom. The number of carbonyl (C=O) groups excluding carboxylic acids is 1. The molecule has 4 heteroatoms. The predicted molar refractivity (Wildman–Crippen MR) is 98.1 cm³/mol. The Hall–Kier alpha value is -2.07. The van der Waals surface area contributed by atoms with Gasteiger partial charge in [-0.15, -0.1) is 6.58 Å². The second-order valence-corrected chi connectivity index (χ2v) is 6.15. The predicted octanol–water partition coefficient (Wildman–Crippen LogP) is 2.94. The normalized spacial score (nSPS) is 17.5. The third-order valence-electron chi connectivity index (χ3n) is 4.25. The van der Waals surface area contributed by atoms with E-state index in [-0.39, 0.29) is 11.8 Å². The second-order valence-electron chi connectivity index (χ2n) is 6.15. The Labute approximate surface area is 145 Å². The highest BCUT2D eigenvalue weighted by Crippen LogP contribution is 2.24. The minimum atomic E-state index is 0.118. The summed E-state index contributed by atoms with van der Waals surface area (Å²) in [5, 5.41) is 2.92. The maximum Gasteiger partial charge on any atom is 0.224 e. The fourth-order valence-corrected chi connectivity index (χ4v) is 3.10. The van der Waals surface area contributed by atoms with Crippen LogP contribution in [0.5, 0.6) is 5.75 Å². The minimum Gasteiger partial charge on any atom is -0.489 e. The summed E-state index contributed by atoms with van der Waals surface area (Å²) in [5.74, 6) is 1.19. The first-order chi connectivity index (χ1) is 11.7. The first-order valence-electron chi connectivity index (χ1n) is 8.64. The van der Waals surface area contributed by atoms with Gasteiger partial charge >= 0.3 is 0 Å². The molecule has 0 aromatic heterocycles. The molecule has 1 unspecified atom stereocenters. The SMILES string of the molecule is C=CCOc1ccc(CN2CCC(C(=O)NCC)C2)cc1CC=C. The largest absolute Gasteiger partial charge is 0.489 e. The molecule has 1 aliphatic heterocycles. The summed E-state index contributed by atoms with van der Waals surface area (Å²) in [6.07, 6.45) is 5.35. The zero-order chi connectivity index (χ0) is 17.4. The molecule has 1 aromatic rings. The molecular formula is C20H28N2O2. The van der Waals surface area contributed by atoms with E-state index in [9.17, 15) is 4.79 Å². The molecule has 0 aliphatic carbocycles. The summed E-state index contributed by atoms with van der Waals surface area (Å²) in [5.41, 5.74) is 2.39. The van der Waals surface area contributed by atoms with Crippen LogP contribution in [0.4, 0.5) is 0 Å². The van der Waals surface area contributed by atoms with Gasteiger partial charge in [0.15, 0.2) is 0 Å². The number of rotatable bonds is 9. The fraction of sp³-hybridized carbons (Fsp3) is 0.450. The number of allylic oxidation sites excluding steroid dienone is 1. The number of hydrogen-bond donors (Lipinski definition) is 1. The van der Waals surface area contributed by atoms with Gasteiger partial charge < -0.3 is 10.1 Å². The molecule has 130 valence electrons. The van der Waals surface area contributed by atoms with Crippen molar-refractivity contribution in [2.45, 2.75) is 26.3 Å². The molecule has 0 radical (unpaired) electrons. The molecule has 1 saturated heterocycles. The van der Waals surface area contributed by atoms with Crippen molar-refractivity contribution < 1.29 is 9.53 Å². The molecule has 2 rings (SSSR count). The monoisotopic (exact) mass is 328 g/mol. The lowest BCUT2D eigenvalue weighted by Crippen LogP contribution is -2.32. The number of ether oxygens (including phenoxy) is 1. The molecule has 24 heavy (non-hydrogen) atoms. The molecule has 1 aromatic carbocycles. The first-order valence-corrected chi connectivity index (χ1v) is 8.64. The Morgan fingerprint density at radius 2 is 2.25 bits per heavy atom. The number of likely N-dealkylation sites (tertiary alicyclic amines) is 1. The Balaban J connectivity index is 1.99. The maximum absolute atomic E-state index is 12.0. The van der Waals surface area contributed by atoms with Crippen LogP contribution in [0.2, 0.25) is 0 Å². The van der Waals surface area contributed by atoms with Crippen molar-refractivity contribution in [2.75, 3.05) is 26.2 Å². The van der Waals surface area contributed by atoms with Gasteiger partial charge in [-0.2, -0.15) is 0 Å². The van der Waals surface area contributed by atoms with Gasteiger partial charge in [-0.3, -0.25) is 9.69 Å². The molecule has 1 aliphatic rings. The van der Waals surface area contributed by atoms with Crippen LogP contribution in [0.1, 0.15) is 24.5 Å². The number of nitrogens with zero attached hydrogens (tertiary/aromatic N) is 1. The lowest BCUT2D eigenvalue weighted by Gasteiger charge is -2.17. The molecule has 1 atom stereocenters. The molecule has 1 amide bonds. The lowest BCUT2D eigenvalue weighted by molar-refractivity contribution is -0.124. The molecule has 1 N–H and O–H groups in total. The third kappa shape index (κ3) is 4.96. The van der Waals surface area contributed by atoms with Crippen LogP contribution in [0.25, 0.3) is 0 Å². The van der Waals surface area contributed by atoms with Crippen molar-refractivity contribution in [3.63, 3.8) is 0 Å². The van der Waals surface area contributed by atoms with Crippen molar-refractivity contribution in [1.29, 1.82) is 0 Å². The standard InChI is InChI=1S/C20H28N2O2/c1-4-7-17-13-16(8-9-19(17)24-12-5-2)14-22-11-10-18(15-22)20(23)21-6-3/h4-5,8-9,13,18H,1-2,6-7,10-12,14-15H2,3H3,(H,21,23). The van der Waals surface area contributed by atoms with Crippen LogP contribution in [-0.2, 0) is 17.8 Å². The number of nitrogens with one attached hydrogen (secondary N) is 1. The summed E-state index contributed by atoms with van der Waals surface area (Å²) >= 11 is 0. The van der Waals surface area contributed by atoms with E-state index >= 15 is 0 Å². The number of carbonyl (C=O) groups is 1. The molecular weight excluding hydrogens is 300 g/mol. The van der Waals surface area contributed by atoms with Crippen molar-refractivity contribution in [2.24, 2.45) is 5.92 Å². The zero-order valence-corrected chi connectivity index (χ0v) is 14.6. The number of hydrogen-bond acceptors (Lipinski definition) is 3. The average molecular weight is 328 g/mol. The van der Waals surface area contributed by atoms with Gasteiger partial charge in [-0.05, 0) is 43.5 Å². The quantitative estimate of drug-likeness (QED) is 0.709. The van der Waals surface area contributed by atoms with Crippen LogP contribution in [0.15, 0.2) is 43.5 Å². The molecule has 1 fully saturated rings. The van der Waals surface area contributed by atoms with Crippen molar-refractivity contribution in [3.05, 3.63) is 54.6 Å². The van der Waals surface area contributed by atoms with E-state index in [0.29, 0.717) is 13.2 Å². The van der Waals surface area contributed by atoms with Crippen LogP contribution in [-0.4, -0.2) is 37.0 Å². The molecule has 0 saturated carbocycles. The Bertz CT molecular complexity index is 583. The molecule has 4 nitrogen and oxygen atoms in total. The van der Waals surface area contributed by atoms with Gasteiger partial charge in [0.2, 0.25) is 5.91 Å². The summed E-state index contributed by atoms with van der Waals surface area (Å²) in [6, 6.07) is 6.30. The van der Waals surface area contributed by atoms with Gasteiger partial charge in [0.1, 0.15) is 12.4 Å². The van der Waals surface area contributed by atoms with Crippen molar-refractivity contribution in [1.82, 2.24) is 10.2 Å². The Morgan fingerprint density at radius 3 is 2.96 bits per heavy atom. The van der Waals surface area contributed by atoms with Crippen molar-refractivity contribution >= 4 is 5.91 Å². The summed E-state index contributed by atoms with van der Waals surface area (Å²) in [4.78, 5) is 14.3. The highest BCUT2D eigenvalue weighted by atomic mass is 16.5. The van der Waals surface area contributed by atoms with Crippen LogP contribution in [0.3, 0.4) is 0 Å². The first kappa shape index (κ1) is 18.3. The van der Waals surface area contributed by atoms with Crippen LogP contribution >= 0.6 is 0 Å². The zero-order valence-electron chi connectivity index (χ0n) is 14.6. The number of amides is 1. The highest BCUT2D eigenvalue weighted by molar-refractivity contribution is 5.79. The van der Waals surface area contributed by atoms with Gasteiger partial charge in [0, 0.05) is 19.6 Å². The van der Waals surface area contributed by atoms with E-state index in [1.54, 1.807) is 6.08 Å². The Kier molecular flexibility index (Phi) is 7.07. The second kappa shape index (κ2) is 9.28. The maximum atomic E-state index is 12.0. The van der Waals surface area contributed by atoms with Gasteiger partial charge in [0.25, 0.3) is 0 Å². The van der Waals surface area contributed by atoms with E-state index in [4.69, 9.17) is 4.74 Å². The van der Waals surface area contributed by atoms with E-state index in [1.807, 2.05) is 19.1 Å². The number of benzene rings is 1. The molecule has 1 heterocycles. The van der Waals surface area contributed by atoms with E-state index in [0.717, 1.165) is 43.8 Å². The van der Waals surface area contributed by atoms with Gasteiger partial charge in [-0.1, -0.05) is 30.9 Å². The third-order valence-corrected chi connectivity index (χ3v) is 4.25. The topological polar surface area (TPSA) is 41.6 Å². The van der Waals surface area contributed by atoms with Crippen LogP contribution < -0.4 is 10.1 Å². The smallest absolute Gasteiger partial charge is 0.224 e. The highest BCUT2D eigenvalue weighted by Gasteiger charge is 2.27. The van der Waals surface area contributed by atoms with Crippen LogP contribution in [0, 0.1) is 5.92 Å². The van der Waals surface area contributed by atoms with E-state index < -0.39 is 0 Å². The summed E-state index contributed by atoms with van der Waals surface area (Å²) in [6.45, 7) is 13.3. The van der Waals surface area contributed by atoms with Gasteiger partial charge in [-0.25, -0.2) is 0 Å². The van der Waals surface area contributed by atoms with E-state index in [1.165, 1.54) is 5.56 Å². The van der Waals surface area contributed by atoms with E-state index in [2.05, 4.69) is 35.5 Å². The summed E-state index contributed by atoms with van der Waals surface area (Å²) < 4.78 is 5.71. The lowest BCUT2D eigenvalue weighted by atomic mass is 10.1. The summed E-state index contributed by atoms with van der Waals surface area (Å²) in [7, 11) is 0. The average Bonchev–Trinajstić information content (AvgIpc) is 3.03. The molecule has 0 bridgehead atoms. The molecule has 0 spiro atoms. The minimum absolute atomic E-state index is 0.118. The fourth-order valence-electron chi connectivity index (χ4n) is 3.10. The van der Waals surface area contributed by atoms with Crippen molar-refractivity contribution in [3.8, 4) is 5.75 Å². The van der Waals surface area contributed by atoms with Gasteiger partial charge in [0.05, 0.1) is 5.92 Å².